The number of furan rings is 1. The molecule has 20 heavy (non-hydrogen) atoms. The van der Waals surface area contributed by atoms with Crippen molar-refractivity contribution in [2.45, 2.75) is 32.5 Å². The van der Waals surface area contributed by atoms with Crippen molar-refractivity contribution in [1.29, 1.82) is 0 Å². The Morgan fingerprint density at radius 2 is 2.40 bits per heavy atom. The first-order chi connectivity index (χ1) is 9.81. The van der Waals surface area contributed by atoms with Crippen LogP contribution < -0.4 is 0 Å². The van der Waals surface area contributed by atoms with E-state index in [2.05, 4.69) is 21.6 Å². The Bertz CT molecular complexity index is 547. The lowest BCUT2D eigenvalue weighted by Gasteiger charge is -2.32. The fourth-order valence-corrected chi connectivity index (χ4v) is 3.08. The molecule has 0 amide bonds. The molecule has 0 radical (unpaired) electrons. The Balaban J connectivity index is 1.81. The monoisotopic (exact) mass is 275 g/mol. The molecule has 0 spiro atoms. The van der Waals surface area contributed by atoms with Crippen molar-refractivity contribution < 1.29 is 9.15 Å². The van der Waals surface area contributed by atoms with E-state index in [0.717, 1.165) is 32.8 Å². The van der Waals surface area contributed by atoms with Crippen LogP contribution in [0.5, 0.6) is 0 Å². The fraction of sp³-hybridized carbons (Fsp3) is 0.533. The number of rotatable bonds is 5. The molecule has 0 saturated heterocycles. The normalized spacial score (nSPS) is 19.2. The summed E-state index contributed by atoms with van der Waals surface area (Å²) in [5, 5.41) is 4.50. The van der Waals surface area contributed by atoms with Gasteiger partial charge in [0.05, 0.1) is 25.3 Å². The van der Waals surface area contributed by atoms with Crippen LogP contribution in [0.3, 0.4) is 0 Å². The number of methoxy groups -OCH3 is 1. The number of aromatic nitrogens is 2. The minimum absolute atomic E-state index is 0.387. The molecule has 3 heterocycles. The lowest BCUT2D eigenvalue weighted by molar-refractivity contribution is 0.132. The van der Waals surface area contributed by atoms with Crippen molar-refractivity contribution in [3.05, 3.63) is 41.6 Å². The van der Waals surface area contributed by atoms with Crippen LogP contribution in [-0.4, -0.2) is 34.9 Å². The SMILES string of the molecule is CCn1ncc2c1[C@H](COC)CN(Cc1ccoc1)C2. The lowest BCUT2D eigenvalue weighted by Crippen LogP contribution is -2.35. The third kappa shape index (κ3) is 2.51. The average molecular weight is 275 g/mol. The molecule has 5 heteroatoms. The smallest absolute Gasteiger partial charge is 0.0947 e. The van der Waals surface area contributed by atoms with Crippen LogP contribution in [0.4, 0.5) is 0 Å². The number of ether oxygens (including phenoxy) is 1. The highest BCUT2D eigenvalue weighted by atomic mass is 16.5. The van der Waals surface area contributed by atoms with E-state index in [1.54, 1.807) is 13.4 Å². The molecule has 1 aliphatic heterocycles. The van der Waals surface area contributed by atoms with Crippen LogP contribution in [0, 0.1) is 0 Å². The van der Waals surface area contributed by atoms with Gasteiger partial charge < -0.3 is 9.15 Å². The van der Waals surface area contributed by atoms with E-state index in [-0.39, 0.29) is 0 Å². The molecule has 108 valence electrons. The van der Waals surface area contributed by atoms with Gasteiger partial charge in [0.1, 0.15) is 0 Å². The summed E-state index contributed by atoms with van der Waals surface area (Å²) in [5.41, 5.74) is 3.88. The van der Waals surface area contributed by atoms with Crippen molar-refractivity contribution >= 4 is 0 Å². The molecular formula is C15H21N3O2. The van der Waals surface area contributed by atoms with Gasteiger partial charge in [-0.2, -0.15) is 5.10 Å². The van der Waals surface area contributed by atoms with E-state index >= 15 is 0 Å². The molecule has 2 aromatic rings. The molecule has 1 atom stereocenters. The molecule has 1 aliphatic rings. The second kappa shape index (κ2) is 5.81. The van der Waals surface area contributed by atoms with Crippen molar-refractivity contribution in [2.24, 2.45) is 0 Å². The Morgan fingerprint density at radius 1 is 1.50 bits per heavy atom. The molecule has 0 N–H and O–H groups in total. The summed E-state index contributed by atoms with van der Waals surface area (Å²) in [6.07, 6.45) is 5.55. The zero-order valence-corrected chi connectivity index (χ0v) is 12.1. The second-order valence-electron chi connectivity index (χ2n) is 5.32. The third-order valence-corrected chi connectivity index (χ3v) is 3.87. The maximum absolute atomic E-state index is 5.40. The van der Waals surface area contributed by atoms with Gasteiger partial charge in [-0.15, -0.1) is 0 Å². The summed E-state index contributed by atoms with van der Waals surface area (Å²) in [6.45, 7) is 6.64. The van der Waals surface area contributed by atoms with Crippen molar-refractivity contribution in [1.82, 2.24) is 14.7 Å². The summed E-state index contributed by atoms with van der Waals surface area (Å²) in [7, 11) is 1.77. The van der Waals surface area contributed by atoms with Gasteiger partial charge in [0, 0.05) is 56.0 Å². The van der Waals surface area contributed by atoms with Gasteiger partial charge in [-0.1, -0.05) is 0 Å². The molecule has 0 aliphatic carbocycles. The van der Waals surface area contributed by atoms with Crippen molar-refractivity contribution in [3.8, 4) is 0 Å². The van der Waals surface area contributed by atoms with Crippen LogP contribution in [0.2, 0.25) is 0 Å². The summed E-state index contributed by atoms with van der Waals surface area (Å²) >= 11 is 0. The Morgan fingerprint density at radius 3 is 3.10 bits per heavy atom. The first-order valence-electron chi connectivity index (χ1n) is 7.08. The van der Waals surface area contributed by atoms with Crippen molar-refractivity contribution in [3.63, 3.8) is 0 Å². The first-order valence-corrected chi connectivity index (χ1v) is 7.08. The summed E-state index contributed by atoms with van der Waals surface area (Å²) in [4.78, 5) is 2.43. The second-order valence-corrected chi connectivity index (χ2v) is 5.32. The van der Waals surface area contributed by atoms with E-state index in [1.165, 1.54) is 16.8 Å². The van der Waals surface area contributed by atoms with Gasteiger partial charge >= 0.3 is 0 Å². The van der Waals surface area contributed by atoms with Crippen molar-refractivity contribution in [2.75, 3.05) is 20.3 Å². The van der Waals surface area contributed by atoms with Crippen LogP contribution in [0.15, 0.2) is 29.2 Å². The zero-order valence-electron chi connectivity index (χ0n) is 12.1. The van der Waals surface area contributed by atoms with E-state index < -0.39 is 0 Å². The van der Waals surface area contributed by atoms with Crippen LogP contribution >= 0.6 is 0 Å². The molecule has 3 rings (SSSR count). The lowest BCUT2D eigenvalue weighted by atomic mass is 9.96. The minimum Gasteiger partial charge on any atom is -0.472 e. The zero-order chi connectivity index (χ0) is 13.9. The molecule has 0 aromatic carbocycles. The standard InChI is InChI=1S/C15H21N3O2/c1-3-18-15-13(6-16-18)8-17(9-14(15)11-19-2)7-12-4-5-20-10-12/h4-6,10,14H,3,7-9,11H2,1-2H3/t14-/m0/s1. The quantitative estimate of drug-likeness (QED) is 0.839. The first kappa shape index (κ1) is 13.4. The van der Waals surface area contributed by atoms with Crippen LogP contribution in [0.1, 0.15) is 29.7 Å². The average Bonchev–Trinajstić information content (AvgIpc) is 3.08. The predicted molar refractivity (Wildman–Crippen MR) is 75.3 cm³/mol. The molecule has 5 nitrogen and oxygen atoms in total. The Labute approximate surface area is 119 Å². The molecule has 0 unspecified atom stereocenters. The number of nitrogens with zero attached hydrogens (tertiary/aromatic N) is 3. The number of hydrogen-bond acceptors (Lipinski definition) is 4. The molecule has 0 bridgehead atoms. The van der Waals surface area contributed by atoms with E-state index in [4.69, 9.17) is 9.15 Å². The van der Waals surface area contributed by atoms with Gasteiger partial charge in [-0.3, -0.25) is 9.58 Å². The molecular weight excluding hydrogens is 254 g/mol. The molecule has 0 fully saturated rings. The summed E-state index contributed by atoms with van der Waals surface area (Å²) in [5.74, 6) is 0.387. The highest BCUT2D eigenvalue weighted by Gasteiger charge is 2.29. The highest BCUT2D eigenvalue weighted by Crippen LogP contribution is 2.29. The van der Waals surface area contributed by atoms with E-state index in [9.17, 15) is 0 Å². The number of hydrogen-bond donors (Lipinski definition) is 0. The maximum Gasteiger partial charge on any atom is 0.0947 e. The largest absolute Gasteiger partial charge is 0.472 e. The third-order valence-electron chi connectivity index (χ3n) is 3.87. The molecule has 2 aromatic heterocycles. The van der Waals surface area contributed by atoms with Gasteiger partial charge in [0.15, 0.2) is 0 Å². The Kier molecular flexibility index (Phi) is 3.89. The van der Waals surface area contributed by atoms with Gasteiger partial charge in [-0.05, 0) is 13.0 Å². The van der Waals surface area contributed by atoms with Gasteiger partial charge in [0.25, 0.3) is 0 Å². The Hall–Kier alpha value is -1.59. The predicted octanol–water partition coefficient (Wildman–Crippen LogP) is 2.24. The summed E-state index contributed by atoms with van der Waals surface area (Å²) in [6, 6.07) is 2.02. The van der Waals surface area contributed by atoms with Gasteiger partial charge in [-0.25, -0.2) is 0 Å². The molecule has 0 saturated carbocycles. The topological polar surface area (TPSA) is 43.4 Å². The maximum atomic E-state index is 5.40. The van der Waals surface area contributed by atoms with Crippen LogP contribution in [0.25, 0.3) is 0 Å². The van der Waals surface area contributed by atoms with E-state index in [1.807, 2.05) is 18.5 Å². The van der Waals surface area contributed by atoms with Gasteiger partial charge in [0.2, 0.25) is 0 Å². The van der Waals surface area contributed by atoms with E-state index in [0.29, 0.717) is 5.92 Å². The van der Waals surface area contributed by atoms with Crippen LogP contribution in [-0.2, 0) is 24.4 Å². The minimum atomic E-state index is 0.387. The number of aryl methyl sites for hydroxylation is 1. The number of fused-ring (bicyclic) bond motifs is 1. The highest BCUT2D eigenvalue weighted by molar-refractivity contribution is 5.26. The fourth-order valence-electron chi connectivity index (χ4n) is 3.08. The summed E-state index contributed by atoms with van der Waals surface area (Å²) < 4.78 is 12.7.